The lowest BCUT2D eigenvalue weighted by Gasteiger charge is -2.11. The number of Topliss-reactive ketones (excluding diaryl/α,β-unsaturated/α-hetero) is 1. The first-order valence-corrected chi connectivity index (χ1v) is 5.74. The molecule has 1 atom stereocenters. The van der Waals surface area contributed by atoms with Crippen molar-refractivity contribution >= 4 is 5.78 Å². The molecule has 0 bridgehead atoms. The van der Waals surface area contributed by atoms with Crippen LogP contribution in [-0.4, -0.2) is 11.8 Å². The zero-order valence-corrected chi connectivity index (χ0v) is 10.6. The normalized spacial score (nSPS) is 12.6. The third-order valence-corrected chi connectivity index (χ3v) is 2.76. The number of carbonyl (C=O) groups is 1. The highest BCUT2D eigenvalue weighted by Crippen LogP contribution is 2.17. The number of aryl methyl sites for hydroxylation is 3. The number of rotatable bonds is 4. The van der Waals surface area contributed by atoms with E-state index in [1.807, 2.05) is 6.92 Å². The quantitative estimate of drug-likeness (QED) is 0.845. The van der Waals surface area contributed by atoms with Gasteiger partial charge in [0.25, 0.3) is 0 Å². The predicted octanol–water partition coefficient (Wildman–Crippen LogP) is 2.46. The highest BCUT2D eigenvalue weighted by molar-refractivity contribution is 5.82. The van der Waals surface area contributed by atoms with Gasteiger partial charge in [-0.2, -0.15) is 0 Å². The zero-order chi connectivity index (χ0) is 12.3. The van der Waals surface area contributed by atoms with E-state index in [0.717, 1.165) is 5.56 Å². The van der Waals surface area contributed by atoms with E-state index in [4.69, 9.17) is 5.73 Å². The van der Waals surface area contributed by atoms with Crippen LogP contribution in [-0.2, 0) is 11.2 Å². The third-order valence-electron chi connectivity index (χ3n) is 2.76. The molecule has 0 aliphatic carbocycles. The van der Waals surface area contributed by atoms with Crippen LogP contribution in [0.15, 0.2) is 12.1 Å². The second kappa shape index (κ2) is 5.26. The van der Waals surface area contributed by atoms with Crippen LogP contribution in [0.2, 0.25) is 0 Å². The van der Waals surface area contributed by atoms with Crippen LogP contribution in [0.25, 0.3) is 0 Å². The van der Waals surface area contributed by atoms with Gasteiger partial charge in [0.05, 0.1) is 0 Å². The molecule has 0 aliphatic rings. The average Bonchev–Trinajstić information content (AvgIpc) is 2.09. The number of ketones is 1. The number of benzene rings is 1. The lowest BCUT2D eigenvalue weighted by molar-refractivity contribution is -0.118. The van der Waals surface area contributed by atoms with E-state index in [-0.39, 0.29) is 11.8 Å². The first-order valence-electron chi connectivity index (χ1n) is 5.74. The summed E-state index contributed by atoms with van der Waals surface area (Å²) in [6, 6.07) is 4.21. The van der Waals surface area contributed by atoms with Gasteiger partial charge < -0.3 is 5.73 Å². The van der Waals surface area contributed by atoms with E-state index in [2.05, 4.69) is 32.9 Å². The van der Waals surface area contributed by atoms with Gasteiger partial charge in [0.2, 0.25) is 0 Å². The van der Waals surface area contributed by atoms with E-state index in [1.165, 1.54) is 16.7 Å². The molecular weight excluding hydrogens is 198 g/mol. The Balaban J connectivity index is 2.85. The minimum absolute atomic E-state index is 0.0430. The fourth-order valence-electron chi connectivity index (χ4n) is 2.12. The first kappa shape index (κ1) is 12.9. The number of carbonyl (C=O) groups excluding carboxylic acids is 1. The van der Waals surface area contributed by atoms with Crippen molar-refractivity contribution in [3.05, 3.63) is 34.4 Å². The molecule has 1 rings (SSSR count). The number of nitrogens with two attached hydrogens (primary N) is 1. The van der Waals surface area contributed by atoms with E-state index in [1.54, 1.807) is 0 Å². The third kappa shape index (κ3) is 3.46. The van der Waals surface area contributed by atoms with E-state index >= 15 is 0 Å². The Bertz CT molecular complexity index is 371. The maximum Gasteiger partial charge on any atom is 0.138 e. The van der Waals surface area contributed by atoms with Crippen molar-refractivity contribution in [1.29, 1.82) is 0 Å². The minimum Gasteiger partial charge on any atom is -0.328 e. The van der Waals surface area contributed by atoms with Crippen molar-refractivity contribution in [3.63, 3.8) is 0 Å². The van der Waals surface area contributed by atoms with Gasteiger partial charge in [-0.25, -0.2) is 0 Å². The number of hydrogen-bond acceptors (Lipinski definition) is 2. The monoisotopic (exact) mass is 219 g/mol. The molecule has 2 N–H and O–H groups in total. The van der Waals surface area contributed by atoms with Crippen LogP contribution in [0.4, 0.5) is 0 Å². The van der Waals surface area contributed by atoms with Crippen LogP contribution < -0.4 is 5.73 Å². The Morgan fingerprint density at radius 2 is 1.75 bits per heavy atom. The van der Waals surface area contributed by atoms with Gasteiger partial charge in [-0.1, -0.05) is 17.7 Å². The van der Waals surface area contributed by atoms with Gasteiger partial charge in [0, 0.05) is 18.9 Å². The van der Waals surface area contributed by atoms with Crippen LogP contribution in [0, 0.1) is 20.8 Å². The summed E-state index contributed by atoms with van der Waals surface area (Å²) in [5.74, 6) is 0.227. The molecule has 1 aromatic rings. The Morgan fingerprint density at radius 1 is 1.25 bits per heavy atom. The summed E-state index contributed by atoms with van der Waals surface area (Å²) in [5.41, 5.74) is 10.4. The van der Waals surface area contributed by atoms with Crippen LogP contribution in [0.1, 0.15) is 35.6 Å². The molecule has 0 heterocycles. The largest absolute Gasteiger partial charge is 0.328 e. The minimum atomic E-state index is -0.0430. The molecule has 2 nitrogen and oxygen atoms in total. The Morgan fingerprint density at radius 3 is 2.19 bits per heavy atom. The second-order valence-corrected chi connectivity index (χ2v) is 4.77. The molecule has 0 amide bonds. The zero-order valence-electron chi connectivity index (χ0n) is 10.6. The standard InChI is InChI=1S/C14H21NO/c1-9-5-10(2)14(11(3)6-9)8-13(16)7-12(4)15/h5-6,12H,7-8,15H2,1-4H3. The van der Waals surface area contributed by atoms with Gasteiger partial charge >= 0.3 is 0 Å². The molecule has 1 aromatic carbocycles. The SMILES string of the molecule is Cc1cc(C)c(CC(=O)CC(C)N)c(C)c1. The molecule has 16 heavy (non-hydrogen) atoms. The highest BCUT2D eigenvalue weighted by Gasteiger charge is 2.10. The van der Waals surface area contributed by atoms with Crippen molar-refractivity contribution in [2.75, 3.05) is 0 Å². The molecule has 1 unspecified atom stereocenters. The number of hydrogen-bond donors (Lipinski definition) is 1. The molecule has 0 spiro atoms. The van der Waals surface area contributed by atoms with Crippen molar-refractivity contribution < 1.29 is 4.79 Å². The van der Waals surface area contributed by atoms with Gasteiger partial charge in [-0.05, 0) is 44.4 Å². The molecule has 0 aliphatic heterocycles. The van der Waals surface area contributed by atoms with Crippen LogP contribution >= 0.6 is 0 Å². The molecular formula is C14H21NO. The lowest BCUT2D eigenvalue weighted by Crippen LogP contribution is -2.21. The summed E-state index contributed by atoms with van der Waals surface area (Å²) < 4.78 is 0. The van der Waals surface area contributed by atoms with Crippen LogP contribution in [0.5, 0.6) is 0 Å². The van der Waals surface area contributed by atoms with Gasteiger partial charge in [0.15, 0.2) is 0 Å². The van der Waals surface area contributed by atoms with Crippen LogP contribution in [0.3, 0.4) is 0 Å². The molecule has 0 saturated heterocycles. The Hall–Kier alpha value is -1.15. The van der Waals surface area contributed by atoms with Gasteiger partial charge in [0.1, 0.15) is 5.78 Å². The summed E-state index contributed by atoms with van der Waals surface area (Å²) in [6.45, 7) is 8.07. The molecule has 0 radical (unpaired) electrons. The second-order valence-electron chi connectivity index (χ2n) is 4.77. The Labute approximate surface area is 97.9 Å². The van der Waals surface area contributed by atoms with Crippen molar-refractivity contribution in [2.24, 2.45) is 5.73 Å². The van der Waals surface area contributed by atoms with E-state index in [0.29, 0.717) is 12.8 Å². The van der Waals surface area contributed by atoms with Crippen molar-refractivity contribution in [3.8, 4) is 0 Å². The summed E-state index contributed by atoms with van der Waals surface area (Å²) in [7, 11) is 0. The smallest absolute Gasteiger partial charge is 0.138 e. The van der Waals surface area contributed by atoms with E-state index in [9.17, 15) is 4.79 Å². The Kier molecular flexibility index (Phi) is 4.25. The lowest BCUT2D eigenvalue weighted by atomic mass is 9.94. The summed E-state index contributed by atoms with van der Waals surface area (Å²) in [5, 5.41) is 0. The summed E-state index contributed by atoms with van der Waals surface area (Å²) >= 11 is 0. The molecule has 0 saturated carbocycles. The maximum atomic E-state index is 11.7. The summed E-state index contributed by atoms with van der Waals surface area (Å²) in [4.78, 5) is 11.7. The fraction of sp³-hybridized carbons (Fsp3) is 0.500. The highest BCUT2D eigenvalue weighted by atomic mass is 16.1. The van der Waals surface area contributed by atoms with Crippen molar-refractivity contribution in [2.45, 2.75) is 46.6 Å². The molecule has 0 fully saturated rings. The topological polar surface area (TPSA) is 43.1 Å². The molecule has 88 valence electrons. The molecule has 2 heteroatoms. The maximum absolute atomic E-state index is 11.7. The van der Waals surface area contributed by atoms with Gasteiger partial charge in [-0.3, -0.25) is 4.79 Å². The van der Waals surface area contributed by atoms with E-state index < -0.39 is 0 Å². The first-order chi connectivity index (χ1) is 7.40. The molecule has 0 aromatic heterocycles. The summed E-state index contributed by atoms with van der Waals surface area (Å²) in [6.07, 6.45) is 0.978. The van der Waals surface area contributed by atoms with Crippen molar-refractivity contribution in [1.82, 2.24) is 0 Å². The fourth-order valence-corrected chi connectivity index (χ4v) is 2.12. The van der Waals surface area contributed by atoms with Gasteiger partial charge in [-0.15, -0.1) is 0 Å². The predicted molar refractivity (Wildman–Crippen MR) is 67.6 cm³/mol. The average molecular weight is 219 g/mol.